The molecule has 168 valence electrons. The van der Waals surface area contributed by atoms with Crippen molar-refractivity contribution in [1.29, 1.82) is 0 Å². The number of benzene rings is 2. The van der Waals surface area contributed by atoms with Crippen LogP contribution in [0.25, 0.3) is 22.5 Å². The van der Waals surface area contributed by atoms with Gasteiger partial charge in [-0.3, -0.25) is 9.59 Å². The van der Waals surface area contributed by atoms with Crippen molar-refractivity contribution in [2.24, 2.45) is 5.92 Å². The number of aromatic amines is 1. The summed E-state index contributed by atoms with van der Waals surface area (Å²) < 4.78 is 15.2. The van der Waals surface area contributed by atoms with Crippen LogP contribution >= 0.6 is 0 Å². The Bertz CT molecular complexity index is 1240. The molecule has 0 aliphatic heterocycles. The Kier molecular flexibility index (Phi) is 6.68. The Hall–Kier alpha value is -3.74. The molecule has 0 radical (unpaired) electrons. The van der Waals surface area contributed by atoms with Crippen molar-refractivity contribution in [1.82, 2.24) is 20.6 Å². The van der Waals surface area contributed by atoms with Crippen LogP contribution in [-0.4, -0.2) is 32.2 Å². The summed E-state index contributed by atoms with van der Waals surface area (Å²) in [6, 6.07) is 12.5. The fraction of sp³-hybridized carbons (Fsp3) is 0.269. The number of carbonyl (C=O) groups excluding carboxylic acids is 2. The zero-order chi connectivity index (χ0) is 23.4. The third kappa shape index (κ3) is 4.87. The summed E-state index contributed by atoms with van der Waals surface area (Å²) in [6.45, 7) is 3.53. The van der Waals surface area contributed by atoms with Gasteiger partial charge in [0, 0.05) is 17.1 Å². The van der Waals surface area contributed by atoms with E-state index in [1.165, 1.54) is 19.1 Å². The predicted molar refractivity (Wildman–Crippen MR) is 124 cm³/mol. The number of halogens is 1. The Morgan fingerprint density at radius 3 is 2.58 bits per heavy atom. The molecule has 7 heteroatoms. The van der Waals surface area contributed by atoms with E-state index in [9.17, 15) is 9.59 Å². The minimum atomic E-state index is -0.452. The smallest absolute Gasteiger partial charge is 0.205 e. The average Bonchev–Trinajstić information content (AvgIpc) is 3.35. The van der Waals surface area contributed by atoms with Crippen molar-refractivity contribution in [2.45, 2.75) is 39.5 Å². The normalized spacial score (nSPS) is 15.8. The maximum Gasteiger partial charge on any atom is 0.205 e. The van der Waals surface area contributed by atoms with E-state index in [0.717, 1.165) is 36.0 Å². The van der Waals surface area contributed by atoms with Gasteiger partial charge in [0.1, 0.15) is 5.82 Å². The van der Waals surface area contributed by atoms with E-state index in [2.05, 4.69) is 27.5 Å². The standard InChI is InChI=1S/C26H25FN4O2/c1-3-4-7-17-12-20(16(2)32)15-25(33)23(17)13-19-11-10-18(14-24(19)27)21-8-5-6-9-22(21)26-28-30-31-29-26/h5-6,8-12,14-15,23H,3-4,7,13H2,1-2H3,(H,28,29,30,31). The number of unbranched alkanes of at least 4 members (excludes halogenated alkanes) is 1. The van der Waals surface area contributed by atoms with Gasteiger partial charge in [-0.25, -0.2) is 4.39 Å². The first-order valence-electron chi connectivity index (χ1n) is 11.1. The minimum absolute atomic E-state index is 0.133. The average molecular weight is 445 g/mol. The van der Waals surface area contributed by atoms with Crippen LogP contribution in [0.2, 0.25) is 0 Å². The van der Waals surface area contributed by atoms with E-state index in [1.807, 2.05) is 36.4 Å². The minimum Gasteiger partial charge on any atom is -0.295 e. The Morgan fingerprint density at radius 2 is 1.91 bits per heavy atom. The van der Waals surface area contributed by atoms with E-state index < -0.39 is 5.92 Å². The van der Waals surface area contributed by atoms with Gasteiger partial charge in [-0.15, -0.1) is 10.2 Å². The quantitative estimate of drug-likeness (QED) is 0.525. The molecule has 1 atom stereocenters. The number of nitrogens with zero attached hydrogens (tertiary/aromatic N) is 3. The van der Waals surface area contributed by atoms with Gasteiger partial charge in [0.05, 0.1) is 0 Å². The zero-order valence-electron chi connectivity index (χ0n) is 18.6. The van der Waals surface area contributed by atoms with Crippen LogP contribution in [0.1, 0.15) is 38.7 Å². The summed E-state index contributed by atoms with van der Waals surface area (Å²) in [6.07, 6.45) is 6.08. The second-order valence-electron chi connectivity index (χ2n) is 8.22. The molecule has 3 aromatic rings. The molecule has 2 aromatic carbocycles. The van der Waals surface area contributed by atoms with Crippen LogP contribution in [0.3, 0.4) is 0 Å². The highest BCUT2D eigenvalue weighted by Gasteiger charge is 2.27. The highest BCUT2D eigenvalue weighted by molar-refractivity contribution is 6.07. The Morgan fingerprint density at radius 1 is 1.12 bits per heavy atom. The lowest BCUT2D eigenvalue weighted by Crippen LogP contribution is -2.23. The Labute approximate surface area is 191 Å². The molecular weight excluding hydrogens is 419 g/mol. The first-order chi connectivity index (χ1) is 16.0. The summed E-state index contributed by atoms with van der Waals surface area (Å²) in [4.78, 5) is 24.7. The van der Waals surface area contributed by atoms with Gasteiger partial charge in [-0.1, -0.05) is 61.4 Å². The lowest BCUT2D eigenvalue weighted by Gasteiger charge is -2.23. The van der Waals surface area contributed by atoms with Crippen LogP contribution < -0.4 is 0 Å². The fourth-order valence-electron chi connectivity index (χ4n) is 4.15. The molecule has 0 bridgehead atoms. The zero-order valence-corrected chi connectivity index (χ0v) is 18.6. The van der Waals surface area contributed by atoms with Crippen LogP contribution in [0.15, 0.2) is 65.8 Å². The predicted octanol–water partition coefficient (Wildman–Crippen LogP) is 5.05. The van der Waals surface area contributed by atoms with Crippen molar-refractivity contribution < 1.29 is 14.0 Å². The fourth-order valence-corrected chi connectivity index (χ4v) is 4.15. The summed E-state index contributed by atoms with van der Waals surface area (Å²) in [5.74, 6) is -0.668. The molecule has 0 saturated heterocycles. The van der Waals surface area contributed by atoms with Gasteiger partial charge >= 0.3 is 0 Å². The Balaban J connectivity index is 1.63. The first kappa shape index (κ1) is 22.5. The third-order valence-electron chi connectivity index (χ3n) is 5.96. The number of ketones is 2. The molecule has 0 amide bonds. The molecule has 1 aliphatic rings. The second kappa shape index (κ2) is 9.81. The van der Waals surface area contributed by atoms with Gasteiger partial charge in [0.25, 0.3) is 0 Å². The molecule has 0 fully saturated rings. The second-order valence-corrected chi connectivity index (χ2v) is 8.22. The topological polar surface area (TPSA) is 88.6 Å². The molecule has 1 N–H and O–H groups in total. The summed E-state index contributed by atoms with van der Waals surface area (Å²) in [5.41, 5.74) is 4.02. The number of allylic oxidation sites excluding steroid dienone is 4. The van der Waals surface area contributed by atoms with Gasteiger partial charge in [-0.05, 0) is 60.2 Å². The highest BCUT2D eigenvalue weighted by Crippen LogP contribution is 2.33. The number of H-pyrrole nitrogens is 1. The molecule has 1 aliphatic carbocycles. The van der Waals surface area contributed by atoms with Gasteiger partial charge < -0.3 is 0 Å². The van der Waals surface area contributed by atoms with E-state index in [0.29, 0.717) is 22.5 Å². The van der Waals surface area contributed by atoms with Crippen LogP contribution in [0.4, 0.5) is 4.39 Å². The van der Waals surface area contributed by atoms with Crippen LogP contribution in [0.5, 0.6) is 0 Å². The number of carbonyl (C=O) groups is 2. The lowest BCUT2D eigenvalue weighted by molar-refractivity contribution is -0.118. The van der Waals surface area contributed by atoms with Crippen molar-refractivity contribution >= 4 is 11.6 Å². The summed E-state index contributed by atoms with van der Waals surface area (Å²) in [5, 5.41) is 14.1. The maximum absolute atomic E-state index is 15.2. The molecule has 1 heterocycles. The van der Waals surface area contributed by atoms with E-state index in [4.69, 9.17) is 0 Å². The number of Topliss-reactive ketones (excluding diaryl/α,β-unsaturated/α-hetero) is 1. The SMILES string of the molecule is CCCCC1=CC(C(C)=O)=CC(=O)C1Cc1ccc(-c2ccccc2-c2nn[nH]n2)cc1F. The number of aromatic nitrogens is 4. The van der Waals surface area contributed by atoms with E-state index in [1.54, 1.807) is 6.07 Å². The van der Waals surface area contributed by atoms with Crippen molar-refractivity contribution in [3.05, 3.63) is 77.1 Å². The number of hydrogen-bond donors (Lipinski definition) is 1. The highest BCUT2D eigenvalue weighted by atomic mass is 19.1. The number of tetrazole rings is 1. The summed E-state index contributed by atoms with van der Waals surface area (Å²) >= 11 is 0. The van der Waals surface area contributed by atoms with Crippen molar-refractivity contribution in [3.8, 4) is 22.5 Å². The third-order valence-corrected chi connectivity index (χ3v) is 5.96. The van der Waals surface area contributed by atoms with Crippen molar-refractivity contribution in [2.75, 3.05) is 0 Å². The maximum atomic E-state index is 15.2. The van der Waals surface area contributed by atoms with Gasteiger partial charge in [-0.2, -0.15) is 5.21 Å². The monoisotopic (exact) mass is 444 g/mol. The molecule has 1 unspecified atom stereocenters. The van der Waals surface area contributed by atoms with Crippen LogP contribution in [0, 0.1) is 11.7 Å². The number of hydrogen-bond acceptors (Lipinski definition) is 5. The first-order valence-corrected chi connectivity index (χ1v) is 11.1. The molecule has 4 rings (SSSR count). The molecule has 1 aromatic heterocycles. The number of nitrogens with one attached hydrogen (secondary N) is 1. The molecular formula is C26H25FN4O2. The molecule has 6 nitrogen and oxygen atoms in total. The largest absolute Gasteiger partial charge is 0.295 e. The van der Waals surface area contributed by atoms with Gasteiger partial charge in [0.2, 0.25) is 5.82 Å². The molecule has 0 saturated carbocycles. The summed E-state index contributed by atoms with van der Waals surface area (Å²) in [7, 11) is 0. The van der Waals surface area contributed by atoms with E-state index >= 15 is 4.39 Å². The van der Waals surface area contributed by atoms with E-state index in [-0.39, 0.29) is 23.8 Å². The van der Waals surface area contributed by atoms with Gasteiger partial charge in [0.15, 0.2) is 11.6 Å². The lowest BCUT2D eigenvalue weighted by atomic mass is 9.80. The van der Waals surface area contributed by atoms with Crippen molar-refractivity contribution in [3.63, 3.8) is 0 Å². The number of rotatable bonds is 8. The molecule has 33 heavy (non-hydrogen) atoms. The van der Waals surface area contributed by atoms with Crippen LogP contribution in [-0.2, 0) is 16.0 Å². The molecule has 0 spiro atoms.